The Hall–Kier alpha value is -0.123. The fraction of sp³-hybridized carbons (Fsp3) is 0.867. The second-order valence-electron chi connectivity index (χ2n) is 5.84. The molecule has 2 aliphatic rings. The van der Waals surface area contributed by atoms with Crippen molar-refractivity contribution in [3.8, 4) is 0 Å². The van der Waals surface area contributed by atoms with Gasteiger partial charge in [0.15, 0.2) is 0 Å². The van der Waals surface area contributed by atoms with Crippen LogP contribution in [0.25, 0.3) is 0 Å². The molecule has 2 aliphatic heterocycles. The maximum absolute atomic E-state index is 2.74. The number of hydrogen-bond acceptors (Lipinski definition) is 2. The monoisotopic (exact) mass is 266 g/mol. The fourth-order valence-corrected chi connectivity index (χ4v) is 3.71. The topological polar surface area (TPSA) is 6.48 Å². The van der Waals surface area contributed by atoms with Crippen LogP contribution in [-0.4, -0.2) is 52.4 Å². The van der Waals surface area contributed by atoms with Crippen LogP contribution < -0.4 is 0 Å². The maximum atomic E-state index is 2.74. The van der Waals surface area contributed by atoms with Crippen LogP contribution in [0.15, 0.2) is 11.8 Å². The van der Waals surface area contributed by atoms with Gasteiger partial charge in [-0.2, -0.15) is 0 Å². The van der Waals surface area contributed by atoms with Gasteiger partial charge in [-0.05, 0) is 51.9 Å². The van der Waals surface area contributed by atoms with Gasteiger partial charge in [0.1, 0.15) is 0 Å². The van der Waals surface area contributed by atoms with Crippen molar-refractivity contribution in [1.29, 1.82) is 0 Å². The summed E-state index contributed by atoms with van der Waals surface area (Å²) >= 11 is 0. The van der Waals surface area contributed by atoms with Crippen molar-refractivity contribution in [1.82, 2.24) is 9.80 Å². The number of hydrogen-bond donors (Lipinski definition) is 0. The lowest BCUT2D eigenvalue weighted by molar-refractivity contribution is 0.0806. The summed E-state index contributed by atoms with van der Waals surface area (Å²) in [6.07, 6.45) is 14.5. The molecule has 0 saturated carbocycles. The molecule has 2 saturated heterocycles. The van der Waals surface area contributed by atoms with E-state index in [4.69, 9.17) is 0 Å². The Labute approximate surface area is 116 Å². The summed E-state index contributed by atoms with van der Waals surface area (Å²) in [5, 5.41) is 0. The maximum Gasteiger partial charge on any atom is 0.0810 e. The number of rotatable bonds is 3. The van der Waals surface area contributed by atoms with Crippen LogP contribution in [0.5, 0.6) is 0 Å². The molecule has 0 spiro atoms. The molecule has 0 unspecified atom stereocenters. The van der Waals surface area contributed by atoms with Gasteiger partial charge in [0.25, 0.3) is 0 Å². The van der Waals surface area contributed by atoms with E-state index < -0.39 is 0 Å². The first-order chi connectivity index (χ1) is 8.92. The van der Waals surface area contributed by atoms with Crippen molar-refractivity contribution >= 4 is 10.2 Å². The third-order valence-electron chi connectivity index (χ3n) is 4.39. The van der Waals surface area contributed by atoms with Gasteiger partial charge >= 0.3 is 0 Å². The lowest BCUT2D eigenvalue weighted by Gasteiger charge is -2.37. The Kier molecular flexibility index (Phi) is 6.45. The smallest absolute Gasteiger partial charge is 0.0810 e. The molecule has 0 N–H and O–H groups in total. The Balaban J connectivity index is 2.00. The first kappa shape index (κ1) is 14.3. The highest BCUT2D eigenvalue weighted by atomic mass is 28.1. The van der Waals surface area contributed by atoms with Crippen molar-refractivity contribution in [2.75, 3.05) is 26.2 Å². The minimum atomic E-state index is 0.610. The molecular weight excluding hydrogens is 236 g/mol. The van der Waals surface area contributed by atoms with Crippen LogP contribution in [0.4, 0.5) is 0 Å². The van der Waals surface area contributed by atoms with E-state index in [0.29, 0.717) is 6.17 Å². The standard InChI is InChI=1S/C15H30N2Si/c18-14-9-15(16-10-5-1-2-6-11-16)17-12-7-3-4-8-13-17/h9,14-15H,1-8,10-13H2,18H3. The lowest BCUT2D eigenvalue weighted by Crippen LogP contribution is -2.48. The lowest BCUT2D eigenvalue weighted by atomic mass is 10.2. The summed E-state index contributed by atoms with van der Waals surface area (Å²) in [6.45, 7) is 5.25. The Morgan fingerprint density at radius 1 is 0.667 bits per heavy atom. The quantitative estimate of drug-likeness (QED) is 0.721. The summed E-state index contributed by atoms with van der Waals surface area (Å²) in [4.78, 5) is 5.49. The van der Waals surface area contributed by atoms with Crippen LogP contribution >= 0.6 is 0 Å². The van der Waals surface area contributed by atoms with Gasteiger partial charge in [0, 0.05) is 10.2 Å². The molecule has 2 fully saturated rings. The van der Waals surface area contributed by atoms with Crippen molar-refractivity contribution < 1.29 is 0 Å². The average molecular weight is 267 g/mol. The van der Waals surface area contributed by atoms with Crippen LogP contribution in [-0.2, 0) is 0 Å². The van der Waals surface area contributed by atoms with E-state index in [1.165, 1.54) is 87.8 Å². The molecule has 0 aromatic carbocycles. The second kappa shape index (κ2) is 8.13. The molecule has 104 valence electrons. The van der Waals surface area contributed by atoms with E-state index in [9.17, 15) is 0 Å². The van der Waals surface area contributed by atoms with E-state index in [1.54, 1.807) is 0 Å². The van der Waals surface area contributed by atoms with Gasteiger partial charge in [-0.25, -0.2) is 0 Å². The van der Waals surface area contributed by atoms with E-state index in [1.807, 2.05) is 0 Å². The molecule has 0 aromatic heterocycles. The molecule has 2 heterocycles. The summed E-state index contributed by atoms with van der Waals surface area (Å²) in [5.74, 6) is 0. The van der Waals surface area contributed by atoms with Crippen molar-refractivity contribution in [2.45, 2.75) is 57.5 Å². The molecule has 2 nitrogen and oxygen atoms in total. The zero-order valence-electron chi connectivity index (χ0n) is 12.1. The molecule has 0 amide bonds. The molecule has 2 rings (SSSR count). The summed E-state index contributed by atoms with van der Waals surface area (Å²) in [7, 11) is 1.19. The van der Waals surface area contributed by atoms with Gasteiger partial charge in [-0.1, -0.05) is 31.8 Å². The van der Waals surface area contributed by atoms with Gasteiger partial charge in [0.05, 0.1) is 6.17 Å². The zero-order valence-corrected chi connectivity index (χ0v) is 14.1. The average Bonchev–Trinajstić information content (AvgIpc) is 2.80. The van der Waals surface area contributed by atoms with E-state index in [0.717, 1.165) is 0 Å². The molecule has 0 aromatic rings. The molecule has 0 bridgehead atoms. The Bertz CT molecular complexity index is 219. The third kappa shape index (κ3) is 4.21. The highest BCUT2D eigenvalue weighted by molar-refractivity contribution is 6.17. The summed E-state index contributed by atoms with van der Waals surface area (Å²) in [6, 6.07) is 0. The largest absolute Gasteiger partial charge is 0.285 e. The minimum Gasteiger partial charge on any atom is -0.285 e. The molecule has 0 radical (unpaired) electrons. The second-order valence-corrected chi connectivity index (χ2v) is 6.51. The summed E-state index contributed by atoms with van der Waals surface area (Å²) in [5.41, 5.74) is 2.39. The highest BCUT2D eigenvalue weighted by Crippen LogP contribution is 2.19. The molecule has 0 aliphatic carbocycles. The fourth-order valence-electron chi connectivity index (χ4n) is 3.37. The molecule has 0 atom stereocenters. The van der Waals surface area contributed by atoms with Gasteiger partial charge in [-0.3, -0.25) is 9.80 Å². The molecular formula is C15H30N2Si. The molecule has 18 heavy (non-hydrogen) atoms. The normalized spacial score (nSPS) is 25.6. The zero-order chi connectivity index (χ0) is 12.6. The Morgan fingerprint density at radius 2 is 1.06 bits per heavy atom. The van der Waals surface area contributed by atoms with Gasteiger partial charge in [-0.15, -0.1) is 5.70 Å². The number of likely N-dealkylation sites (tertiary alicyclic amines) is 2. The Morgan fingerprint density at radius 3 is 1.39 bits per heavy atom. The van der Waals surface area contributed by atoms with Crippen molar-refractivity contribution in [2.24, 2.45) is 0 Å². The number of nitrogens with zero attached hydrogens (tertiary/aromatic N) is 2. The van der Waals surface area contributed by atoms with Gasteiger partial charge in [0.2, 0.25) is 0 Å². The van der Waals surface area contributed by atoms with Gasteiger partial charge < -0.3 is 0 Å². The third-order valence-corrected chi connectivity index (χ3v) is 4.78. The first-order valence-corrected chi connectivity index (χ1v) is 9.18. The van der Waals surface area contributed by atoms with Crippen molar-refractivity contribution in [3.05, 3.63) is 11.8 Å². The van der Waals surface area contributed by atoms with E-state index in [-0.39, 0.29) is 0 Å². The van der Waals surface area contributed by atoms with E-state index in [2.05, 4.69) is 21.6 Å². The predicted molar refractivity (Wildman–Crippen MR) is 82.9 cm³/mol. The predicted octanol–water partition coefficient (Wildman–Crippen LogP) is 1.94. The van der Waals surface area contributed by atoms with E-state index >= 15 is 0 Å². The van der Waals surface area contributed by atoms with Crippen LogP contribution in [0.1, 0.15) is 51.4 Å². The van der Waals surface area contributed by atoms with Crippen molar-refractivity contribution in [3.63, 3.8) is 0 Å². The minimum absolute atomic E-state index is 0.610. The van der Waals surface area contributed by atoms with Crippen LogP contribution in [0.2, 0.25) is 0 Å². The van der Waals surface area contributed by atoms with Crippen LogP contribution in [0.3, 0.4) is 0 Å². The highest BCUT2D eigenvalue weighted by Gasteiger charge is 2.23. The van der Waals surface area contributed by atoms with Crippen LogP contribution in [0, 0.1) is 0 Å². The first-order valence-electron chi connectivity index (χ1n) is 8.03. The molecule has 3 heteroatoms. The summed E-state index contributed by atoms with van der Waals surface area (Å²) < 4.78 is 0. The SMILES string of the molecule is [SiH3]C=CC(N1CCCCCC1)N1CCCCCC1.